The van der Waals surface area contributed by atoms with Crippen molar-refractivity contribution in [3.8, 4) is 5.75 Å². The maximum Gasteiger partial charge on any atom is 0.500 e. The Bertz CT molecular complexity index is 677. The number of nitrogens with zero attached hydrogens (tertiary/aromatic N) is 1. The van der Waals surface area contributed by atoms with Crippen LogP contribution in [0.1, 0.15) is 27.2 Å². The highest BCUT2D eigenvalue weighted by atomic mass is 28.4. The Kier molecular flexibility index (Phi) is 8.04. The lowest BCUT2D eigenvalue weighted by molar-refractivity contribution is 0.0708. The van der Waals surface area contributed by atoms with Crippen LogP contribution in [0.5, 0.6) is 5.75 Å². The molecule has 0 aliphatic rings. The van der Waals surface area contributed by atoms with E-state index >= 15 is 0 Å². The number of benzene rings is 1. The van der Waals surface area contributed by atoms with Crippen molar-refractivity contribution in [1.29, 1.82) is 0 Å². The lowest BCUT2D eigenvalue weighted by Crippen LogP contribution is -2.46. The highest BCUT2D eigenvalue weighted by Crippen LogP contribution is 2.19. The van der Waals surface area contributed by atoms with E-state index in [1.54, 1.807) is 18.5 Å². The van der Waals surface area contributed by atoms with E-state index in [-0.39, 0.29) is 0 Å². The van der Waals surface area contributed by atoms with Gasteiger partial charge < -0.3 is 28.3 Å². The number of carbonyl (C=O) groups excluding carboxylic acids is 1. The Labute approximate surface area is 154 Å². The van der Waals surface area contributed by atoms with Gasteiger partial charge in [-0.2, -0.15) is 0 Å². The third-order valence-corrected chi connectivity index (χ3v) is 6.78. The zero-order chi connectivity index (χ0) is 18.8. The van der Waals surface area contributed by atoms with Gasteiger partial charge in [0.2, 0.25) is 0 Å². The second kappa shape index (κ2) is 10.3. The monoisotopic (exact) mass is 381 g/mol. The van der Waals surface area contributed by atoms with Gasteiger partial charge in [-0.3, -0.25) is 0 Å². The summed E-state index contributed by atoms with van der Waals surface area (Å²) in [6.07, 6.45) is 1.77. The minimum absolute atomic E-state index is 0.448. The van der Waals surface area contributed by atoms with E-state index in [1.165, 1.54) is 0 Å². The second-order valence-electron chi connectivity index (χ2n) is 5.48. The molecule has 2 aromatic rings. The van der Waals surface area contributed by atoms with Gasteiger partial charge in [0, 0.05) is 38.5 Å². The molecule has 0 atom stereocenters. The average Bonchev–Trinajstić information content (AvgIpc) is 3.07. The van der Waals surface area contributed by atoms with Gasteiger partial charge in [-0.1, -0.05) is 0 Å². The lowest BCUT2D eigenvalue weighted by Gasteiger charge is -2.28. The number of carbonyl (C=O) groups is 1. The maximum absolute atomic E-state index is 11.9. The summed E-state index contributed by atoms with van der Waals surface area (Å²) < 4.78 is 22.6. The van der Waals surface area contributed by atoms with Crippen LogP contribution in [0.25, 0.3) is 11.0 Å². The molecule has 1 aromatic carbocycles. The molecule has 0 fully saturated rings. The molecule has 9 heteroatoms. The van der Waals surface area contributed by atoms with Crippen molar-refractivity contribution in [3.63, 3.8) is 0 Å². The molecular weight excluding hydrogens is 354 g/mol. The molecule has 0 bridgehead atoms. The molecule has 0 saturated carbocycles. The summed E-state index contributed by atoms with van der Waals surface area (Å²) in [7, 11) is -2.67. The first kappa shape index (κ1) is 20.4. The number of nitrogens with one attached hydrogen (secondary N) is 2. The van der Waals surface area contributed by atoms with Gasteiger partial charge in [0.05, 0.1) is 17.4 Å². The van der Waals surface area contributed by atoms with Crippen LogP contribution in [0.15, 0.2) is 24.5 Å². The third kappa shape index (κ3) is 5.80. The van der Waals surface area contributed by atoms with E-state index in [1.807, 2.05) is 26.8 Å². The van der Waals surface area contributed by atoms with Crippen LogP contribution >= 0.6 is 0 Å². The van der Waals surface area contributed by atoms with Gasteiger partial charge in [-0.15, -0.1) is 0 Å². The van der Waals surface area contributed by atoms with E-state index in [0.29, 0.717) is 44.6 Å². The van der Waals surface area contributed by atoms with Crippen molar-refractivity contribution in [2.24, 2.45) is 0 Å². The molecule has 0 spiro atoms. The SMILES string of the molecule is CCO[Si](CCCNC(=O)Oc1ccc2[nH]cnc2c1)(OCC)OCC. The van der Waals surface area contributed by atoms with Gasteiger partial charge in [-0.05, 0) is 39.3 Å². The number of rotatable bonds is 11. The number of hydrogen-bond acceptors (Lipinski definition) is 6. The molecule has 0 aliphatic carbocycles. The van der Waals surface area contributed by atoms with Crippen LogP contribution in [0.2, 0.25) is 6.04 Å². The standard InChI is InChI=1S/C17H27N3O5Si/c1-4-22-26(23-5-2,24-6-3)11-7-10-18-17(21)25-14-8-9-15-16(12-14)20-13-19-15/h8-9,12-13H,4-7,10-11H2,1-3H3,(H,18,21)(H,19,20). The number of ether oxygens (including phenoxy) is 1. The molecule has 0 radical (unpaired) electrons. The molecule has 1 aromatic heterocycles. The van der Waals surface area contributed by atoms with Crippen LogP contribution in [0, 0.1) is 0 Å². The smallest absolute Gasteiger partial charge is 0.410 e. The zero-order valence-corrected chi connectivity index (χ0v) is 16.5. The molecule has 0 unspecified atom stereocenters. The molecule has 0 saturated heterocycles. The normalized spacial score (nSPS) is 11.7. The molecule has 1 amide bonds. The summed E-state index contributed by atoms with van der Waals surface area (Å²) in [5.41, 5.74) is 1.64. The molecule has 1 heterocycles. The number of aromatic amines is 1. The largest absolute Gasteiger partial charge is 0.500 e. The second-order valence-corrected chi connectivity index (χ2v) is 8.22. The van der Waals surface area contributed by atoms with Crippen LogP contribution in [-0.2, 0) is 13.3 Å². The zero-order valence-electron chi connectivity index (χ0n) is 15.5. The van der Waals surface area contributed by atoms with Gasteiger partial charge in [0.25, 0.3) is 0 Å². The van der Waals surface area contributed by atoms with Crippen molar-refractivity contribution in [1.82, 2.24) is 15.3 Å². The topological polar surface area (TPSA) is 94.7 Å². The number of imidazole rings is 1. The van der Waals surface area contributed by atoms with Gasteiger partial charge >= 0.3 is 14.9 Å². The average molecular weight is 382 g/mol. The first-order valence-electron chi connectivity index (χ1n) is 8.93. The molecule has 8 nitrogen and oxygen atoms in total. The highest BCUT2D eigenvalue weighted by molar-refractivity contribution is 6.60. The van der Waals surface area contributed by atoms with Gasteiger partial charge in [-0.25, -0.2) is 9.78 Å². The predicted octanol–water partition coefficient (Wildman–Crippen LogP) is 3.09. The van der Waals surface area contributed by atoms with E-state index < -0.39 is 14.9 Å². The number of aromatic nitrogens is 2. The predicted molar refractivity (Wildman–Crippen MR) is 100 cm³/mol. The van der Waals surface area contributed by atoms with Crippen LogP contribution < -0.4 is 10.1 Å². The lowest BCUT2D eigenvalue weighted by atomic mass is 10.3. The van der Waals surface area contributed by atoms with E-state index in [4.69, 9.17) is 18.0 Å². The quantitative estimate of drug-likeness (QED) is 0.459. The Morgan fingerprint density at radius 1 is 1.15 bits per heavy atom. The fourth-order valence-electron chi connectivity index (χ4n) is 2.61. The molecule has 144 valence electrons. The molecule has 0 aliphatic heterocycles. The molecule has 2 N–H and O–H groups in total. The van der Waals surface area contributed by atoms with Crippen molar-refractivity contribution < 1.29 is 22.8 Å². The Morgan fingerprint density at radius 3 is 2.50 bits per heavy atom. The third-order valence-electron chi connectivity index (χ3n) is 3.63. The van der Waals surface area contributed by atoms with Crippen molar-refractivity contribution >= 4 is 25.9 Å². The van der Waals surface area contributed by atoms with E-state index in [2.05, 4.69) is 15.3 Å². The maximum atomic E-state index is 11.9. The fourth-order valence-corrected chi connectivity index (χ4v) is 5.23. The first-order chi connectivity index (χ1) is 12.6. The highest BCUT2D eigenvalue weighted by Gasteiger charge is 2.39. The molecular formula is C17H27N3O5Si. The summed E-state index contributed by atoms with van der Waals surface area (Å²) in [4.78, 5) is 19.1. The van der Waals surface area contributed by atoms with Crippen LogP contribution in [-0.4, -0.2) is 51.2 Å². The Hall–Kier alpha value is -1.94. The number of amides is 1. The van der Waals surface area contributed by atoms with Gasteiger partial charge in [0.1, 0.15) is 5.75 Å². The summed E-state index contributed by atoms with van der Waals surface area (Å²) in [5, 5.41) is 2.74. The Morgan fingerprint density at radius 2 is 1.85 bits per heavy atom. The van der Waals surface area contributed by atoms with E-state index in [0.717, 1.165) is 11.0 Å². The number of H-pyrrole nitrogens is 1. The van der Waals surface area contributed by atoms with Crippen LogP contribution in [0.4, 0.5) is 4.79 Å². The van der Waals surface area contributed by atoms with Crippen molar-refractivity contribution in [3.05, 3.63) is 24.5 Å². The summed E-state index contributed by atoms with van der Waals surface area (Å²) >= 11 is 0. The van der Waals surface area contributed by atoms with Crippen molar-refractivity contribution in [2.45, 2.75) is 33.2 Å². The minimum atomic E-state index is -2.67. The first-order valence-corrected chi connectivity index (χ1v) is 10.9. The molecule has 26 heavy (non-hydrogen) atoms. The summed E-state index contributed by atoms with van der Waals surface area (Å²) in [5.74, 6) is 0.448. The minimum Gasteiger partial charge on any atom is -0.410 e. The molecule has 2 rings (SSSR count). The van der Waals surface area contributed by atoms with Gasteiger partial charge in [0.15, 0.2) is 0 Å². The van der Waals surface area contributed by atoms with Crippen LogP contribution in [0.3, 0.4) is 0 Å². The van der Waals surface area contributed by atoms with Crippen molar-refractivity contribution in [2.75, 3.05) is 26.4 Å². The summed E-state index contributed by atoms with van der Waals surface area (Å²) in [6.45, 7) is 7.83. The number of fused-ring (bicyclic) bond motifs is 1. The van der Waals surface area contributed by atoms with E-state index in [9.17, 15) is 4.79 Å². The Balaban J connectivity index is 1.78. The fraction of sp³-hybridized carbons (Fsp3) is 0.529. The summed E-state index contributed by atoms with van der Waals surface area (Å²) in [6, 6.07) is 5.89. The number of hydrogen-bond donors (Lipinski definition) is 2.